The molecule has 1 aromatic carbocycles. The molecule has 0 aliphatic rings. The zero-order valence-electron chi connectivity index (χ0n) is 10.5. The van der Waals surface area contributed by atoms with Crippen LogP contribution in [-0.2, 0) is 13.2 Å². The van der Waals surface area contributed by atoms with Crippen molar-refractivity contribution in [3.05, 3.63) is 46.8 Å². The van der Waals surface area contributed by atoms with Crippen LogP contribution >= 0.6 is 12.4 Å². The predicted octanol–water partition coefficient (Wildman–Crippen LogP) is 2.75. The normalized spacial score (nSPS) is 9.94. The highest BCUT2D eigenvalue weighted by Crippen LogP contribution is 2.17. The number of halogens is 1. The van der Waals surface area contributed by atoms with E-state index in [1.54, 1.807) is 0 Å². The molecular formula is C13H17ClN2O2. The molecule has 2 aromatic rings. The summed E-state index contributed by atoms with van der Waals surface area (Å²) in [7, 11) is 0. The summed E-state index contributed by atoms with van der Waals surface area (Å²) in [5.41, 5.74) is 8.50. The van der Waals surface area contributed by atoms with Crippen LogP contribution < -0.4 is 10.5 Å². The Morgan fingerprint density at radius 1 is 1.22 bits per heavy atom. The van der Waals surface area contributed by atoms with Crippen LogP contribution in [-0.4, -0.2) is 5.16 Å². The smallest absolute Gasteiger partial charge is 0.140 e. The molecule has 0 spiro atoms. The summed E-state index contributed by atoms with van der Waals surface area (Å²) in [6.07, 6.45) is 0. The molecule has 0 saturated carbocycles. The largest absolute Gasteiger partial charge is 0.489 e. The van der Waals surface area contributed by atoms with E-state index in [9.17, 15) is 0 Å². The van der Waals surface area contributed by atoms with Crippen molar-refractivity contribution >= 4 is 12.4 Å². The first-order valence-electron chi connectivity index (χ1n) is 5.54. The van der Waals surface area contributed by atoms with Gasteiger partial charge in [0.2, 0.25) is 0 Å². The van der Waals surface area contributed by atoms with Gasteiger partial charge in [0.1, 0.15) is 18.1 Å². The molecule has 0 atom stereocenters. The van der Waals surface area contributed by atoms with Crippen molar-refractivity contribution in [3.63, 3.8) is 0 Å². The standard InChI is InChI=1S/C13H16N2O2.ClH/c1-9-13(10(2)17-15-9)8-16-12-5-3-11(7-14)4-6-12;/h3-6H,7-8,14H2,1-2H3;1H. The van der Waals surface area contributed by atoms with Crippen molar-refractivity contribution in [2.75, 3.05) is 0 Å². The Hall–Kier alpha value is -1.52. The second-order valence-corrected chi connectivity index (χ2v) is 3.94. The second kappa shape index (κ2) is 6.42. The van der Waals surface area contributed by atoms with Crippen LogP contribution in [0, 0.1) is 13.8 Å². The van der Waals surface area contributed by atoms with Gasteiger partial charge in [0.15, 0.2) is 0 Å². The minimum absolute atomic E-state index is 0. The molecule has 0 saturated heterocycles. The van der Waals surface area contributed by atoms with Crippen molar-refractivity contribution in [2.45, 2.75) is 27.0 Å². The highest BCUT2D eigenvalue weighted by atomic mass is 35.5. The lowest BCUT2D eigenvalue weighted by Crippen LogP contribution is -1.99. The summed E-state index contributed by atoms with van der Waals surface area (Å²) in [6, 6.07) is 7.76. The number of nitrogens with zero attached hydrogens (tertiary/aromatic N) is 1. The Labute approximate surface area is 113 Å². The molecule has 5 heteroatoms. The van der Waals surface area contributed by atoms with E-state index >= 15 is 0 Å². The number of aromatic nitrogens is 1. The number of benzene rings is 1. The van der Waals surface area contributed by atoms with Gasteiger partial charge < -0.3 is 15.0 Å². The van der Waals surface area contributed by atoms with E-state index in [1.165, 1.54) is 0 Å². The quantitative estimate of drug-likeness (QED) is 0.926. The monoisotopic (exact) mass is 268 g/mol. The van der Waals surface area contributed by atoms with E-state index in [2.05, 4.69) is 5.16 Å². The lowest BCUT2D eigenvalue weighted by atomic mass is 10.2. The maximum absolute atomic E-state index is 5.67. The lowest BCUT2D eigenvalue weighted by molar-refractivity contribution is 0.301. The zero-order chi connectivity index (χ0) is 12.3. The maximum atomic E-state index is 5.67. The minimum atomic E-state index is 0. The molecule has 0 unspecified atom stereocenters. The van der Waals surface area contributed by atoms with Gasteiger partial charge >= 0.3 is 0 Å². The van der Waals surface area contributed by atoms with Gasteiger partial charge in [-0.1, -0.05) is 17.3 Å². The van der Waals surface area contributed by atoms with Gasteiger partial charge in [-0.2, -0.15) is 0 Å². The maximum Gasteiger partial charge on any atom is 0.140 e. The first-order valence-corrected chi connectivity index (χ1v) is 5.54. The van der Waals surface area contributed by atoms with Gasteiger partial charge in [-0.15, -0.1) is 12.4 Å². The van der Waals surface area contributed by atoms with Crippen LogP contribution in [0.3, 0.4) is 0 Å². The first-order chi connectivity index (χ1) is 8.20. The molecule has 98 valence electrons. The molecule has 0 amide bonds. The van der Waals surface area contributed by atoms with Crippen molar-refractivity contribution in [2.24, 2.45) is 5.73 Å². The van der Waals surface area contributed by atoms with Crippen LogP contribution in [0.1, 0.15) is 22.6 Å². The molecule has 0 aliphatic carbocycles. The summed E-state index contributed by atoms with van der Waals surface area (Å²) in [5, 5.41) is 3.88. The molecule has 0 radical (unpaired) electrons. The summed E-state index contributed by atoms with van der Waals surface area (Å²) in [5.74, 6) is 1.63. The minimum Gasteiger partial charge on any atom is -0.489 e. The Bertz CT molecular complexity index is 475. The first kappa shape index (κ1) is 14.5. The Morgan fingerprint density at radius 2 is 1.89 bits per heavy atom. The van der Waals surface area contributed by atoms with Crippen LogP contribution in [0.5, 0.6) is 5.75 Å². The summed E-state index contributed by atoms with van der Waals surface area (Å²) >= 11 is 0. The molecule has 0 fully saturated rings. The SMILES string of the molecule is Cc1noc(C)c1COc1ccc(CN)cc1.Cl. The number of hydrogen-bond acceptors (Lipinski definition) is 4. The highest BCUT2D eigenvalue weighted by molar-refractivity contribution is 5.85. The lowest BCUT2D eigenvalue weighted by Gasteiger charge is -2.06. The number of nitrogens with two attached hydrogens (primary N) is 1. The van der Waals surface area contributed by atoms with Gasteiger partial charge in [-0.05, 0) is 31.5 Å². The number of hydrogen-bond donors (Lipinski definition) is 1. The molecule has 0 aliphatic heterocycles. The number of ether oxygens (including phenoxy) is 1. The molecule has 1 heterocycles. The molecule has 2 rings (SSSR count). The van der Waals surface area contributed by atoms with Crippen LogP contribution in [0.25, 0.3) is 0 Å². The van der Waals surface area contributed by atoms with Crippen LogP contribution in [0.2, 0.25) is 0 Å². The highest BCUT2D eigenvalue weighted by Gasteiger charge is 2.09. The fourth-order valence-electron chi connectivity index (χ4n) is 1.59. The summed E-state index contributed by atoms with van der Waals surface area (Å²) in [6.45, 7) is 4.82. The topological polar surface area (TPSA) is 61.3 Å². The van der Waals surface area contributed by atoms with E-state index in [1.807, 2.05) is 38.1 Å². The third kappa shape index (κ3) is 3.24. The van der Waals surface area contributed by atoms with E-state index in [0.717, 1.165) is 28.3 Å². The van der Waals surface area contributed by atoms with E-state index in [4.69, 9.17) is 15.0 Å². The van der Waals surface area contributed by atoms with E-state index in [-0.39, 0.29) is 12.4 Å². The van der Waals surface area contributed by atoms with Gasteiger partial charge in [-0.3, -0.25) is 0 Å². The van der Waals surface area contributed by atoms with Crippen LogP contribution in [0.15, 0.2) is 28.8 Å². The fraction of sp³-hybridized carbons (Fsp3) is 0.308. The van der Waals surface area contributed by atoms with Crippen molar-refractivity contribution in [1.82, 2.24) is 5.16 Å². The van der Waals surface area contributed by atoms with E-state index < -0.39 is 0 Å². The Morgan fingerprint density at radius 3 is 2.39 bits per heavy atom. The van der Waals surface area contributed by atoms with Crippen LogP contribution in [0.4, 0.5) is 0 Å². The van der Waals surface area contributed by atoms with Gasteiger partial charge in [-0.25, -0.2) is 0 Å². The molecule has 18 heavy (non-hydrogen) atoms. The zero-order valence-corrected chi connectivity index (χ0v) is 11.3. The Kier molecular flexibility index (Phi) is 5.19. The fourth-order valence-corrected chi connectivity index (χ4v) is 1.59. The third-order valence-electron chi connectivity index (χ3n) is 2.72. The molecule has 4 nitrogen and oxygen atoms in total. The van der Waals surface area contributed by atoms with Crippen molar-refractivity contribution < 1.29 is 9.26 Å². The Balaban J connectivity index is 0.00000162. The average molecular weight is 269 g/mol. The molecule has 2 N–H and O–H groups in total. The van der Waals surface area contributed by atoms with Crippen molar-refractivity contribution in [3.8, 4) is 5.75 Å². The summed E-state index contributed by atoms with van der Waals surface area (Å²) in [4.78, 5) is 0. The second-order valence-electron chi connectivity index (χ2n) is 3.94. The van der Waals surface area contributed by atoms with Gasteiger partial charge in [0, 0.05) is 6.54 Å². The number of rotatable bonds is 4. The summed E-state index contributed by atoms with van der Waals surface area (Å²) < 4.78 is 10.7. The molecular weight excluding hydrogens is 252 g/mol. The molecule has 1 aromatic heterocycles. The molecule has 0 bridgehead atoms. The third-order valence-corrected chi connectivity index (χ3v) is 2.72. The van der Waals surface area contributed by atoms with Gasteiger partial charge in [0.05, 0.1) is 11.3 Å². The van der Waals surface area contributed by atoms with Gasteiger partial charge in [0.25, 0.3) is 0 Å². The number of aryl methyl sites for hydroxylation is 2. The van der Waals surface area contributed by atoms with Crippen molar-refractivity contribution in [1.29, 1.82) is 0 Å². The van der Waals surface area contributed by atoms with E-state index in [0.29, 0.717) is 13.2 Å². The average Bonchev–Trinajstić information content (AvgIpc) is 2.67. The predicted molar refractivity (Wildman–Crippen MR) is 71.9 cm³/mol.